The second kappa shape index (κ2) is 9.56. The number of carbonyl (C=O) groups is 1. The van der Waals surface area contributed by atoms with Gasteiger partial charge in [0.1, 0.15) is 12.2 Å². The first-order valence-electron chi connectivity index (χ1n) is 9.18. The van der Waals surface area contributed by atoms with Gasteiger partial charge in [0.15, 0.2) is 11.5 Å². The topological polar surface area (TPSA) is 63.8 Å². The van der Waals surface area contributed by atoms with E-state index in [1.54, 1.807) is 36.4 Å². The van der Waals surface area contributed by atoms with E-state index in [-0.39, 0.29) is 5.76 Å². The van der Waals surface area contributed by atoms with Gasteiger partial charge in [-0.05, 0) is 63.5 Å². The highest BCUT2D eigenvalue weighted by Crippen LogP contribution is 2.34. The number of carbonyl (C=O) groups excluding carboxylic acids is 1. The Labute approximate surface area is 196 Å². The maximum Gasteiger partial charge on any atom is 0.307 e. The number of fused-ring (bicyclic) bond motifs is 1. The second-order valence-electron chi connectivity index (χ2n) is 6.58. The third-order valence-electron chi connectivity index (χ3n) is 4.35. The largest absolute Gasteiger partial charge is 0.486 e. The molecule has 0 saturated carbocycles. The summed E-state index contributed by atoms with van der Waals surface area (Å²) in [7, 11) is 0. The van der Waals surface area contributed by atoms with Gasteiger partial charge in [-0.15, -0.1) is 0 Å². The molecule has 1 heterocycles. The summed E-state index contributed by atoms with van der Waals surface area (Å²) in [6, 6.07) is 19.9. The van der Waals surface area contributed by atoms with Crippen LogP contribution in [-0.2, 0) is 6.61 Å². The number of furan rings is 1. The Morgan fingerprint density at radius 3 is 2.61 bits per heavy atom. The molecule has 0 saturated heterocycles. The molecule has 0 aliphatic rings. The molecule has 1 aromatic heterocycles. The van der Waals surface area contributed by atoms with Crippen LogP contribution in [0.1, 0.15) is 21.7 Å². The van der Waals surface area contributed by atoms with E-state index < -0.39 is 5.91 Å². The minimum atomic E-state index is -0.444. The molecule has 1 N–H and O–H groups in total. The zero-order chi connectivity index (χ0) is 21.8. The monoisotopic (exact) mass is 516 g/mol. The zero-order valence-corrected chi connectivity index (χ0v) is 19.0. The summed E-state index contributed by atoms with van der Waals surface area (Å²) < 4.78 is 12.0. The molecule has 3 aromatic carbocycles. The van der Waals surface area contributed by atoms with Crippen molar-refractivity contribution in [3.8, 4) is 5.75 Å². The minimum Gasteiger partial charge on any atom is -0.486 e. The molecule has 0 aliphatic heterocycles. The number of para-hydroxylation sites is 1. The van der Waals surface area contributed by atoms with Crippen molar-refractivity contribution < 1.29 is 13.9 Å². The van der Waals surface area contributed by atoms with E-state index in [2.05, 4.69) is 26.5 Å². The fourth-order valence-electron chi connectivity index (χ4n) is 2.84. The molecule has 0 radical (unpaired) electrons. The lowest BCUT2D eigenvalue weighted by Crippen LogP contribution is -2.16. The number of hydrogen-bond donors (Lipinski definition) is 1. The normalized spacial score (nSPS) is 11.2. The number of hydrazone groups is 1. The van der Waals surface area contributed by atoms with E-state index in [1.807, 2.05) is 30.3 Å². The molecule has 5 nitrogen and oxygen atoms in total. The lowest BCUT2D eigenvalue weighted by Gasteiger charge is -2.11. The Morgan fingerprint density at radius 2 is 1.87 bits per heavy atom. The van der Waals surface area contributed by atoms with E-state index >= 15 is 0 Å². The molecule has 0 bridgehead atoms. The Bertz CT molecular complexity index is 1210. The van der Waals surface area contributed by atoms with Crippen molar-refractivity contribution in [2.24, 2.45) is 5.10 Å². The molecule has 0 spiro atoms. The average molecular weight is 518 g/mol. The van der Waals surface area contributed by atoms with Crippen LogP contribution in [0.4, 0.5) is 0 Å². The van der Waals surface area contributed by atoms with E-state index in [4.69, 9.17) is 32.4 Å². The molecule has 4 rings (SSSR count). The van der Waals surface area contributed by atoms with Crippen molar-refractivity contribution in [1.29, 1.82) is 0 Å². The number of rotatable bonds is 6. The van der Waals surface area contributed by atoms with Crippen molar-refractivity contribution in [3.05, 3.63) is 98.1 Å². The number of nitrogens with one attached hydrogen (secondary N) is 1. The van der Waals surface area contributed by atoms with Crippen LogP contribution in [0.15, 0.2) is 80.7 Å². The van der Waals surface area contributed by atoms with Gasteiger partial charge < -0.3 is 9.15 Å². The molecule has 31 heavy (non-hydrogen) atoms. The fraction of sp³-hybridized carbons (Fsp3) is 0.0435. The van der Waals surface area contributed by atoms with Crippen molar-refractivity contribution in [3.63, 3.8) is 0 Å². The van der Waals surface area contributed by atoms with Gasteiger partial charge in [0.25, 0.3) is 0 Å². The number of halogens is 3. The third-order valence-corrected chi connectivity index (χ3v) is 5.47. The van der Waals surface area contributed by atoms with Crippen molar-refractivity contribution in [1.82, 2.24) is 5.43 Å². The Hall–Kier alpha value is -2.80. The van der Waals surface area contributed by atoms with Gasteiger partial charge >= 0.3 is 5.91 Å². The van der Waals surface area contributed by atoms with Gasteiger partial charge in [-0.3, -0.25) is 4.79 Å². The van der Waals surface area contributed by atoms with E-state index in [1.165, 1.54) is 6.21 Å². The van der Waals surface area contributed by atoms with E-state index in [0.29, 0.717) is 38.0 Å². The number of hydrogen-bond acceptors (Lipinski definition) is 4. The van der Waals surface area contributed by atoms with E-state index in [0.717, 1.165) is 10.9 Å². The zero-order valence-electron chi connectivity index (χ0n) is 15.9. The van der Waals surface area contributed by atoms with Crippen LogP contribution in [0.2, 0.25) is 10.0 Å². The van der Waals surface area contributed by atoms with Gasteiger partial charge in [-0.25, -0.2) is 5.43 Å². The quantitative estimate of drug-likeness (QED) is 0.225. The van der Waals surface area contributed by atoms with Gasteiger partial charge in [0, 0.05) is 10.4 Å². The lowest BCUT2D eigenvalue weighted by atomic mass is 10.2. The maximum atomic E-state index is 12.3. The summed E-state index contributed by atoms with van der Waals surface area (Å²) in [5, 5.41) is 5.91. The van der Waals surface area contributed by atoms with Crippen LogP contribution < -0.4 is 10.2 Å². The van der Waals surface area contributed by atoms with Gasteiger partial charge in [-0.1, -0.05) is 53.5 Å². The molecule has 8 heteroatoms. The molecule has 156 valence electrons. The van der Waals surface area contributed by atoms with Crippen molar-refractivity contribution in [2.45, 2.75) is 6.61 Å². The summed E-state index contributed by atoms with van der Waals surface area (Å²) in [5.74, 6) is 0.254. The van der Waals surface area contributed by atoms with Crippen molar-refractivity contribution in [2.75, 3.05) is 0 Å². The Kier molecular flexibility index (Phi) is 6.61. The molecule has 0 atom stereocenters. The van der Waals surface area contributed by atoms with Gasteiger partial charge in [0.05, 0.1) is 15.7 Å². The fourth-order valence-corrected chi connectivity index (χ4v) is 3.96. The summed E-state index contributed by atoms with van der Waals surface area (Å²) >= 11 is 15.7. The first-order chi connectivity index (χ1) is 15.0. The highest BCUT2D eigenvalue weighted by molar-refractivity contribution is 9.10. The molecule has 0 fully saturated rings. The summed E-state index contributed by atoms with van der Waals surface area (Å²) in [6.07, 6.45) is 1.49. The standard InChI is InChI=1S/C23H15BrCl2N2O3/c24-18-9-15(10-19(26)22(18)30-13-14-5-7-17(25)8-6-14)12-27-28-23(29)21-11-16-3-1-2-4-20(16)31-21/h1-12H,13H2,(H,28,29)/b27-12+. The number of amides is 1. The van der Waals surface area contributed by atoms with E-state index in [9.17, 15) is 4.79 Å². The van der Waals surface area contributed by atoms with Crippen LogP contribution in [0.25, 0.3) is 11.0 Å². The summed E-state index contributed by atoms with van der Waals surface area (Å²) in [5.41, 5.74) is 4.74. The molecule has 1 amide bonds. The van der Waals surface area contributed by atoms with Crippen molar-refractivity contribution >= 4 is 62.2 Å². The smallest absolute Gasteiger partial charge is 0.307 e. The minimum absolute atomic E-state index is 0.184. The van der Waals surface area contributed by atoms with Gasteiger partial charge in [0.2, 0.25) is 0 Å². The molecule has 0 unspecified atom stereocenters. The van der Waals surface area contributed by atoms with Crippen LogP contribution in [-0.4, -0.2) is 12.1 Å². The predicted molar refractivity (Wildman–Crippen MR) is 126 cm³/mol. The van der Waals surface area contributed by atoms with Crippen LogP contribution in [0, 0.1) is 0 Å². The maximum absolute atomic E-state index is 12.3. The van der Waals surface area contributed by atoms with Crippen LogP contribution in [0.3, 0.4) is 0 Å². The first-order valence-corrected chi connectivity index (χ1v) is 10.7. The SMILES string of the molecule is O=C(N/N=C/c1cc(Cl)c(OCc2ccc(Cl)cc2)c(Br)c1)c1cc2ccccc2o1. The highest BCUT2D eigenvalue weighted by Gasteiger charge is 2.12. The van der Waals surface area contributed by atoms with Gasteiger partial charge in [-0.2, -0.15) is 5.10 Å². The average Bonchev–Trinajstić information content (AvgIpc) is 3.19. The highest BCUT2D eigenvalue weighted by atomic mass is 79.9. The first kappa shape index (κ1) is 21.4. The Balaban J connectivity index is 1.40. The molecule has 4 aromatic rings. The predicted octanol–water partition coefficient (Wildman–Crippen LogP) is 6.85. The number of ether oxygens (including phenoxy) is 1. The Morgan fingerprint density at radius 1 is 1.10 bits per heavy atom. The number of benzene rings is 3. The summed E-state index contributed by atoms with van der Waals surface area (Å²) in [4.78, 5) is 12.3. The third kappa shape index (κ3) is 5.28. The molecular formula is C23H15BrCl2N2O3. The van der Waals surface area contributed by atoms with Crippen LogP contribution in [0.5, 0.6) is 5.75 Å². The van der Waals surface area contributed by atoms with Crippen LogP contribution >= 0.6 is 39.1 Å². The molecular weight excluding hydrogens is 503 g/mol. The summed E-state index contributed by atoms with van der Waals surface area (Å²) in [6.45, 7) is 0.344. The lowest BCUT2D eigenvalue weighted by molar-refractivity contribution is 0.0929. The second-order valence-corrected chi connectivity index (χ2v) is 8.27. The number of nitrogens with zero attached hydrogens (tertiary/aromatic N) is 1. The molecule has 0 aliphatic carbocycles.